The Morgan fingerprint density at radius 2 is 1.66 bits per heavy atom. The minimum atomic E-state index is -4.90. The van der Waals surface area contributed by atoms with Crippen molar-refractivity contribution in [2.45, 2.75) is 140 Å². The fraction of sp³-hybridized carbons (Fsp3) is 0.553. The fourth-order valence-electron chi connectivity index (χ4n) is 8.48. The summed E-state index contributed by atoms with van der Waals surface area (Å²) in [6, 6.07) is 9.63. The second-order valence-electron chi connectivity index (χ2n) is 19.4. The normalized spacial score (nSPS) is 26.8. The van der Waals surface area contributed by atoms with E-state index >= 15 is 4.79 Å². The predicted molar refractivity (Wildman–Crippen MR) is 243 cm³/mol. The van der Waals surface area contributed by atoms with Crippen LogP contribution in [0.1, 0.15) is 93.4 Å². The number of benzene rings is 1. The Morgan fingerprint density at radius 1 is 0.985 bits per heavy atom. The van der Waals surface area contributed by atoms with Gasteiger partial charge in [0.05, 0.1) is 23.1 Å². The zero-order valence-corrected chi connectivity index (χ0v) is 39.9. The second kappa shape index (κ2) is 19.3. The number of ether oxygens (including phenoxy) is 3. The van der Waals surface area contributed by atoms with Crippen LogP contribution >= 0.6 is 0 Å². The van der Waals surface area contributed by atoms with Gasteiger partial charge in [0, 0.05) is 42.4 Å². The van der Waals surface area contributed by atoms with Gasteiger partial charge in [-0.3, -0.25) is 24.5 Å². The number of rotatable bonds is 12. The third kappa shape index (κ3) is 11.2. The van der Waals surface area contributed by atoms with Gasteiger partial charge in [0.25, 0.3) is 5.91 Å². The molecule has 2 aliphatic heterocycles. The standard InChI is InChI=1S/C47H59F3N8O9S/c1-27(2)65-32-15-13-30(14-16-32)35-22-33(23-36(53-35)39-51-19-10-20-52-39)66-34-24-37-40(59)54-46(42(61)57-68(63,64)45(7)17-18-45)25-31(46)12-9-8-11-28(3)21-29(4)38(41(60)58(37)26-34)55-56-43(62)67-44(5,6)47(48,49)50/h9-10,12-16,19-20,22-23,27-29,31,34,37-38,55H,8,11,17-18,21,24-26H2,1-7H3,(H,54,59)(H,56,62)(H,57,61)/b12-9-/t28-,29-,31-,34-,37+,38+,46-/m1/s1. The Hall–Kier alpha value is -5.83. The highest BCUT2D eigenvalue weighted by atomic mass is 32.2. The van der Waals surface area contributed by atoms with Gasteiger partial charge in [-0.25, -0.2) is 33.6 Å². The number of carbonyl (C=O) groups is 4. The Balaban J connectivity index is 1.23. The average Bonchev–Trinajstić information content (AvgIpc) is 4.15. The molecule has 1 saturated heterocycles. The summed E-state index contributed by atoms with van der Waals surface area (Å²) in [5.41, 5.74) is 1.77. The zero-order valence-electron chi connectivity index (χ0n) is 39.1. The molecule has 1 aromatic carbocycles. The Kier molecular flexibility index (Phi) is 14.2. The molecule has 68 heavy (non-hydrogen) atoms. The summed E-state index contributed by atoms with van der Waals surface area (Å²) >= 11 is 0. The first kappa shape index (κ1) is 50.1. The number of fused-ring (bicyclic) bond motifs is 2. The van der Waals surface area contributed by atoms with E-state index in [0.717, 1.165) is 0 Å². The molecule has 4 N–H and O–H groups in total. The maximum absolute atomic E-state index is 15.0. The van der Waals surface area contributed by atoms with Gasteiger partial charge in [-0.1, -0.05) is 26.0 Å². The van der Waals surface area contributed by atoms with Gasteiger partial charge in [-0.05, 0) is 115 Å². The number of sulfonamides is 1. The summed E-state index contributed by atoms with van der Waals surface area (Å²) in [4.78, 5) is 71.5. The summed E-state index contributed by atoms with van der Waals surface area (Å²) in [6.07, 6.45) is 1.79. The van der Waals surface area contributed by atoms with Gasteiger partial charge >= 0.3 is 12.3 Å². The molecule has 0 spiro atoms. The number of hydrogen-bond donors (Lipinski definition) is 4. The van der Waals surface area contributed by atoms with Crippen molar-refractivity contribution in [2.75, 3.05) is 6.54 Å². The van der Waals surface area contributed by atoms with Crippen LogP contribution in [-0.2, 0) is 29.1 Å². The van der Waals surface area contributed by atoms with E-state index < -0.39 is 85.9 Å². The molecule has 2 aromatic heterocycles. The van der Waals surface area contributed by atoms with Gasteiger partial charge in [-0.2, -0.15) is 13.2 Å². The van der Waals surface area contributed by atoms with Crippen LogP contribution in [0.25, 0.3) is 22.8 Å². The molecule has 7 atom stereocenters. The maximum atomic E-state index is 15.0. The van der Waals surface area contributed by atoms with E-state index in [0.29, 0.717) is 74.5 Å². The molecule has 17 nitrogen and oxygen atoms in total. The molecule has 21 heteroatoms. The number of pyridine rings is 1. The lowest BCUT2D eigenvalue weighted by Gasteiger charge is -2.33. The van der Waals surface area contributed by atoms with Crippen LogP contribution in [0, 0.1) is 17.8 Å². The number of carbonyl (C=O) groups excluding carboxylic acids is 4. The van der Waals surface area contributed by atoms with Crippen LogP contribution in [0.3, 0.4) is 0 Å². The first-order chi connectivity index (χ1) is 31.9. The van der Waals surface area contributed by atoms with Crippen molar-refractivity contribution in [3.05, 3.63) is 67.0 Å². The monoisotopic (exact) mass is 968 g/mol. The van der Waals surface area contributed by atoms with Crippen molar-refractivity contribution in [1.82, 2.24) is 40.7 Å². The lowest BCUT2D eigenvalue weighted by molar-refractivity contribution is -0.244. The number of amides is 4. The number of nitrogens with one attached hydrogen (secondary N) is 4. The highest BCUT2D eigenvalue weighted by Crippen LogP contribution is 2.48. The largest absolute Gasteiger partial charge is 0.491 e. The van der Waals surface area contributed by atoms with E-state index in [1.165, 1.54) is 4.90 Å². The third-order valence-corrected chi connectivity index (χ3v) is 15.2. The summed E-state index contributed by atoms with van der Waals surface area (Å²) < 4.78 is 85.9. The molecule has 4 heterocycles. The molecule has 0 radical (unpaired) electrons. The van der Waals surface area contributed by atoms with Crippen molar-refractivity contribution >= 4 is 33.8 Å². The number of halogens is 3. The van der Waals surface area contributed by atoms with E-state index in [4.69, 9.17) is 19.2 Å². The molecule has 3 aromatic rings. The summed E-state index contributed by atoms with van der Waals surface area (Å²) in [5.74, 6) is -2.27. The molecule has 0 bridgehead atoms. The average molecular weight is 969 g/mol. The van der Waals surface area contributed by atoms with Crippen LogP contribution in [0.4, 0.5) is 18.0 Å². The Labute approximate surface area is 393 Å². The van der Waals surface area contributed by atoms with Crippen LogP contribution < -0.4 is 30.4 Å². The van der Waals surface area contributed by atoms with Gasteiger partial charge in [0.2, 0.25) is 27.4 Å². The van der Waals surface area contributed by atoms with Gasteiger partial charge in [-0.15, -0.1) is 0 Å². The van der Waals surface area contributed by atoms with Gasteiger partial charge in [0.1, 0.15) is 40.9 Å². The molecule has 4 amide bonds. The summed E-state index contributed by atoms with van der Waals surface area (Å²) in [6.45, 7) is 10.3. The van der Waals surface area contributed by atoms with E-state index in [1.54, 1.807) is 50.5 Å². The fourth-order valence-corrected chi connectivity index (χ4v) is 9.80. The molecular weight excluding hydrogens is 910 g/mol. The molecule has 4 aliphatic rings. The quantitative estimate of drug-likeness (QED) is 0.118. The SMILES string of the molecule is CC(C)Oc1ccc(-c2cc(O[C@@H]3C[C@H]4C(=O)N[C@]5(C(=O)NS(=O)(=O)C6(C)CC6)C[C@H]5/C=C\CC[C@@H](C)C[C@@H](C)[C@H](NNC(=O)OC(C)(C)C(F)(F)F)C(=O)N4C3)cc(-c3ncccn3)n2)cc1. The Bertz CT molecular complexity index is 2510. The second-order valence-corrected chi connectivity index (χ2v) is 21.6. The number of aromatic nitrogens is 3. The van der Waals surface area contributed by atoms with Crippen molar-refractivity contribution in [2.24, 2.45) is 17.8 Å². The number of allylic oxidation sites excluding steroid dienone is 1. The summed E-state index contributed by atoms with van der Waals surface area (Å²) in [5, 5.41) is 2.84. The molecule has 7 rings (SSSR count). The van der Waals surface area contributed by atoms with Crippen molar-refractivity contribution in [1.29, 1.82) is 0 Å². The molecular formula is C47H59F3N8O9S. The molecule has 0 unspecified atom stereocenters. The van der Waals surface area contributed by atoms with Crippen molar-refractivity contribution in [3.63, 3.8) is 0 Å². The van der Waals surface area contributed by atoms with Crippen molar-refractivity contribution < 1.29 is 55.0 Å². The van der Waals surface area contributed by atoms with Gasteiger partial charge in [0.15, 0.2) is 5.82 Å². The van der Waals surface area contributed by atoms with E-state index in [9.17, 15) is 36.0 Å². The zero-order chi connectivity index (χ0) is 49.4. The van der Waals surface area contributed by atoms with E-state index in [-0.39, 0.29) is 37.2 Å². The third-order valence-electron chi connectivity index (χ3n) is 13.0. The number of hydrogen-bond acceptors (Lipinski definition) is 13. The highest BCUT2D eigenvalue weighted by molar-refractivity contribution is 7.91. The highest BCUT2D eigenvalue weighted by Gasteiger charge is 2.63. The lowest BCUT2D eigenvalue weighted by Crippen LogP contribution is -2.61. The van der Waals surface area contributed by atoms with Crippen molar-refractivity contribution in [3.8, 4) is 34.3 Å². The minimum Gasteiger partial charge on any atom is -0.491 e. The number of nitrogens with zero attached hydrogens (tertiary/aromatic N) is 4. The topological polar surface area (TPSA) is 220 Å². The van der Waals surface area contributed by atoms with E-state index in [1.807, 2.05) is 51.1 Å². The smallest absolute Gasteiger partial charge is 0.427 e. The summed E-state index contributed by atoms with van der Waals surface area (Å²) in [7, 11) is -4.10. The number of hydrazine groups is 1. The Morgan fingerprint density at radius 3 is 2.31 bits per heavy atom. The van der Waals surface area contributed by atoms with Gasteiger partial charge < -0.3 is 24.4 Å². The van der Waals surface area contributed by atoms with Crippen LogP contribution in [0.15, 0.2) is 67.0 Å². The number of alkyl halides is 3. The van der Waals surface area contributed by atoms with E-state index in [2.05, 4.69) is 30.9 Å². The maximum Gasteiger partial charge on any atom is 0.427 e. The van der Waals surface area contributed by atoms with Crippen LogP contribution in [0.2, 0.25) is 0 Å². The first-order valence-electron chi connectivity index (χ1n) is 22.8. The molecule has 2 saturated carbocycles. The molecule has 3 fully saturated rings. The lowest BCUT2D eigenvalue weighted by atomic mass is 9.88. The minimum absolute atomic E-state index is 0.0162. The predicted octanol–water partition coefficient (Wildman–Crippen LogP) is 6.17. The van der Waals surface area contributed by atoms with Crippen LogP contribution in [0.5, 0.6) is 11.5 Å². The molecule has 368 valence electrons. The molecule has 2 aliphatic carbocycles. The van der Waals surface area contributed by atoms with Crippen LogP contribution in [-0.4, -0.2) is 105 Å². The first-order valence-corrected chi connectivity index (χ1v) is 24.3.